The van der Waals surface area contributed by atoms with E-state index in [1.807, 2.05) is 13.0 Å². The lowest BCUT2D eigenvalue weighted by molar-refractivity contribution is -0.138. The van der Waals surface area contributed by atoms with Crippen molar-refractivity contribution in [2.24, 2.45) is 5.92 Å². The molecule has 0 bridgehead atoms. The molecule has 3 rings (SSSR count). The van der Waals surface area contributed by atoms with E-state index < -0.39 is 23.6 Å². The van der Waals surface area contributed by atoms with Gasteiger partial charge in [0.1, 0.15) is 11.6 Å². The number of hydrogen-bond acceptors (Lipinski definition) is 4. The molecule has 0 radical (unpaired) electrons. The molecule has 0 aliphatic carbocycles. The van der Waals surface area contributed by atoms with E-state index in [1.165, 1.54) is 12.3 Å². The van der Waals surface area contributed by atoms with Crippen molar-refractivity contribution in [2.45, 2.75) is 20.4 Å². The highest BCUT2D eigenvalue weighted by molar-refractivity contribution is 6.33. The molecule has 0 saturated heterocycles. The minimum Gasteiger partial charge on any atom is -0.426 e. The number of esters is 1. The highest BCUT2D eigenvalue weighted by Crippen LogP contribution is 2.29. The van der Waals surface area contributed by atoms with E-state index in [4.69, 9.17) is 16.3 Å². The van der Waals surface area contributed by atoms with Gasteiger partial charge in [-0.25, -0.2) is 4.39 Å². The van der Waals surface area contributed by atoms with Crippen LogP contribution in [0.3, 0.4) is 0 Å². The van der Waals surface area contributed by atoms with Crippen molar-refractivity contribution in [3.63, 3.8) is 0 Å². The Morgan fingerprint density at radius 3 is 2.67 bits per heavy atom. The number of benzene rings is 2. The first kappa shape index (κ1) is 21.5. The number of carbonyl (C=O) groups is 2. The number of nitrogens with zero attached hydrogens (tertiary/aromatic N) is 2. The Kier molecular flexibility index (Phi) is 6.84. The van der Waals surface area contributed by atoms with Gasteiger partial charge < -0.3 is 10.1 Å². The van der Waals surface area contributed by atoms with Crippen molar-refractivity contribution in [3.8, 4) is 17.0 Å². The number of para-hydroxylation sites is 1. The zero-order valence-corrected chi connectivity index (χ0v) is 17.3. The Hall–Kier alpha value is -3.19. The largest absolute Gasteiger partial charge is 0.426 e. The number of carbonyl (C=O) groups excluding carboxylic acids is 2. The van der Waals surface area contributed by atoms with E-state index in [2.05, 4.69) is 10.4 Å². The van der Waals surface area contributed by atoms with Crippen molar-refractivity contribution in [3.05, 3.63) is 71.1 Å². The minimum atomic E-state index is -0.585. The number of nitrogens with one attached hydrogen (secondary N) is 1. The Morgan fingerprint density at radius 1 is 1.23 bits per heavy atom. The van der Waals surface area contributed by atoms with Crippen LogP contribution in [0.2, 0.25) is 5.02 Å². The third-order valence-electron chi connectivity index (χ3n) is 4.46. The highest BCUT2D eigenvalue weighted by atomic mass is 35.5. The predicted molar refractivity (Wildman–Crippen MR) is 112 cm³/mol. The van der Waals surface area contributed by atoms with E-state index in [0.29, 0.717) is 28.6 Å². The quantitative estimate of drug-likeness (QED) is 0.448. The molecule has 8 heteroatoms. The maximum Gasteiger partial charge on any atom is 0.315 e. The standard InChI is InChI=1S/C22H21ClFN3O3/c1-3-27-20(19(23)13-26-27)15-9-16(11-17(24)10-15)21(28)25-12-14(2)22(29)30-18-7-5-4-6-8-18/h4-11,13-14H,3,12H2,1-2H3,(H,25,28)/t14-/m1/s1. The van der Waals surface area contributed by atoms with Crippen LogP contribution in [-0.2, 0) is 11.3 Å². The lowest BCUT2D eigenvalue weighted by Crippen LogP contribution is -2.33. The fraction of sp³-hybridized carbons (Fsp3) is 0.227. The van der Waals surface area contributed by atoms with Crippen LogP contribution >= 0.6 is 11.6 Å². The summed E-state index contributed by atoms with van der Waals surface area (Å²) >= 11 is 6.19. The number of aromatic nitrogens is 2. The van der Waals surface area contributed by atoms with E-state index in [0.717, 1.165) is 6.07 Å². The van der Waals surface area contributed by atoms with Gasteiger partial charge in [0.05, 0.1) is 22.8 Å². The molecule has 3 aromatic rings. The molecule has 1 amide bonds. The molecule has 0 fully saturated rings. The molecule has 1 aromatic heterocycles. The first-order chi connectivity index (χ1) is 14.4. The van der Waals surface area contributed by atoms with Crippen LogP contribution < -0.4 is 10.1 Å². The Morgan fingerprint density at radius 2 is 1.97 bits per heavy atom. The van der Waals surface area contributed by atoms with Crippen LogP contribution in [0.25, 0.3) is 11.3 Å². The molecule has 1 N–H and O–H groups in total. The second-order valence-electron chi connectivity index (χ2n) is 6.73. The van der Waals surface area contributed by atoms with Gasteiger partial charge in [-0.3, -0.25) is 14.3 Å². The monoisotopic (exact) mass is 429 g/mol. The molecule has 1 heterocycles. The van der Waals surface area contributed by atoms with Crippen LogP contribution in [0.4, 0.5) is 4.39 Å². The van der Waals surface area contributed by atoms with E-state index in [9.17, 15) is 14.0 Å². The van der Waals surface area contributed by atoms with Gasteiger partial charge in [-0.2, -0.15) is 5.10 Å². The number of amides is 1. The fourth-order valence-corrected chi connectivity index (χ4v) is 3.13. The summed E-state index contributed by atoms with van der Waals surface area (Å²) in [7, 11) is 0. The Bertz CT molecular complexity index is 1050. The number of aryl methyl sites for hydroxylation is 1. The Labute approximate surface area is 178 Å². The van der Waals surface area contributed by atoms with Crippen molar-refractivity contribution in [1.29, 1.82) is 0 Å². The molecule has 1 atom stereocenters. The van der Waals surface area contributed by atoms with Crippen LogP contribution in [0, 0.1) is 11.7 Å². The summed E-state index contributed by atoms with van der Waals surface area (Å²) in [6.07, 6.45) is 1.48. The molecule has 156 valence electrons. The summed E-state index contributed by atoms with van der Waals surface area (Å²) in [5.74, 6) is -1.71. The summed E-state index contributed by atoms with van der Waals surface area (Å²) in [6, 6.07) is 12.6. The molecule has 0 unspecified atom stereocenters. The molecule has 0 saturated carbocycles. The highest BCUT2D eigenvalue weighted by Gasteiger charge is 2.19. The normalized spacial score (nSPS) is 11.7. The molecule has 0 spiro atoms. The second kappa shape index (κ2) is 9.54. The lowest BCUT2D eigenvalue weighted by Gasteiger charge is -2.13. The number of hydrogen-bond donors (Lipinski definition) is 1. The van der Waals surface area contributed by atoms with Gasteiger partial charge in [-0.1, -0.05) is 36.7 Å². The summed E-state index contributed by atoms with van der Waals surface area (Å²) in [4.78, 5) is 24.7. The summed E-state index contributed by atoms with van der Waals surface area (Å²) in [6.45, 7) is 4.11. The van der Waals surface area contributed by atoms with E-state index >= 15 is 0 Å². The van der Waals surface area contributed by atoms with Gasteiger partial charge in [0, 0.05) is 24.2 Å². The molecule has 0 aliphatic rings. The second-order valence-corrected chi connectivity index (χ2v) is 7.14. The van der Waals surface area contributed by atoms with Gasteiger partial charge in [0.2, 0.25) is 0 Å². The van der Waals surface area contributed by atoms with Crippen molar-refractivity contribution < 1.29 is 18.7 Å². The molecule has 0 aliphatic heterocycles. The topological polar surface area (TPSA) is 73.2 Å². The van der Waals surface area contributed by atoms with Crippen LogP contribution in [-0.4, -0.2) is 28.2 Å². The number of ether oxygens (including phenoxy) is 1. The summed E-state index contributed by atoms with van der Waals surface area (Å²) < 4.78 is 21.1. The van der Waals surface area contributed by atoms with Crippen LogP contribution in [0.5, 0.6) is 5.75 Å². The van der Waals surface area contributed by atoms with E-state index in [1.54, 1.807) is 41.9 Å². The third-order valence-corrected chi connectivity index (χ3v) is 4.74. The van der Waals surface area contributed by atoms with Crippen LogP contribution in [0.15, 0.2) is 54.7 Å². The molecule has 30 heavy (non-hydrogen) atoms. The van der Waals surface area contributed by atoms with Gasteiger partial charge in [0.15, 0.2) is 0 Å². The number of halogens is 2. The smallest absolute Gasteiger partial charge is 0.315 e. The number of rotatable bonds is 7. The zero-order chi connectivity index (χ0) is 21.7. The van der Waals surface area contributed by atoms with Gasteiger partial charge in [0.25, 0.3) is 5.91 Å². The van der Waals surface area contributed by atoms with Crippen molar-refractivity contribution >= 4 is 23.5 Å². The van der Waals surface area contributed by atoms with Gasteiger partial charge >= 0.3 is 5.97 Å². The fourth-order valence-electron chi connectivity index (χ4n) is 2.88. The van der Waals surface area contributed by atoms with E-state index in [-0.39, 0.29) is 12.1 Å². The lowest BCUT2D eigenvalue weighted by atomic mass is 10.1. The summed E-state index contributed by atoms with van der Waals surface area (Å²) in [5.41, 5.74) is 1.10. The predicted octanol–water partition coefficient (Wildman–Crippen LogP) is 4.33. The summed E-state index contributed by atoms with van der Waals surface area (Å²) in [5, 5.41) is 7.15. The molecular weight excluding hydrogens is 409 g/mol. The SMILES string of the molecule is CCn1ncc(Cl)c1-c1cc(F)cc(C(=O)NC[C@@H](C)C(=O)Oc2ccccc2)c1. The van der Waals surface area contributed by atoms with Crippen molar-refractivity contribution in [1.82, 2.24) is 15.1 Å². The Balaban J connectivity index is 1.69. The molecule has 2 aromatic carbocycles. The first-order valence-corrected chi connectivity index (χ1v) is 9.84. The average Bonchev–Trinajstić information content (AvgIpc) is 3.12. The zero-order valence-electron chi connectivity index (χ0n) is 16.6. The third kappa shape index (κ3) is 5.04. The van der Waals surface area contributed by atoms with Gasteiger partial charge in [-0.15, -0.1) is 0 Å². The van der Waals surface area contributed by atoms with Crippen molar-refractivity contribution in [2.75, 3.05) is 6.54 Å². The minimum absolute atomic E-state index is 0.0456. The maximum absolute atomic E-state index is 14.2. The maximum atomic E-state index is 14.2. The average molecular weight is 430 g/mol. The molecule has 6 nitrogen and oxygen atoms in total. The first-order valence-electron chi connectivity index (χ1n) is 9.46. The van der Waals surface area contributed by atoms with Gasteiger partial charge in [-0.05, 0) is 37.3 Å². The molecular formula is C22H21ClFN3O3. The van der Waals surface area contributed by atoms with Crippen LogP contribution in [0.1, 0.15) is 24.2 Å².